The van der Waals surface area contributed by atoms with Crippen LogP contribution in [0.5, 0.6) is 0 Å². The highest BCUT2D eigenvalue weighted by Gasteiger charge is 2.44. The van der Waals surface area contributed by atoms with Gasteiger partial charge in [-0.1, -0.05) is 35.3 Å². The summed E-state index contributed by atoms with van der Waals surface area (Å²) in [5.41, 5.74) is 2.10. The van der Waals surface area contributed by atoms with E-state index in [0.29, 0.717) is 29.1 Å². The lowest BCUT2D eigenvalue weighted by Gasteiger charge is -2.49. The molecule has 1 aliphatic heterocycles. The molecule has 0 bridgehead atoms. The number of rotatable bonds is 5. The van der Waals surface area contributed by atoms with Crippen molar-refractivity contribution < 1.29 is 14.7 Å². The summed E-state index contributed by atoms with van der Waals surface area (Å²) in [4.78, 5) is 27.8. The second kappa shape index (κ2) is 8.25. The maximum atomic E-state index is 12.6. The van der Waals surface area contributed by atoms with Gasteiger partial charge in [0.15, 0.2) is 0 Å². The number of carbonyl (C=O) groups is 2. The van der Waals surface area contributed by atoms with Crippen molar-refractivity contribution in [2.45, 2.75) is 31.3 Å². The highest BCUT2D eigenvalue weighted by Crippen LogP contribution is 2.44. The molecule has 1 saturated heterocycles. The summed E-state index contributed by atoms with van der Waals surface area (Å²) < 4.78 is 0. The summed E-state index contributed by atoms with van der Waals surface area (Å²) in [7, 11) is 0. The molecule has 1 aliphatic carbocycles. The van der Waals surface area contributed by atoms with Crippen LogP contribution in [0.1, 0.15) is 30.9 Å². The minimum absolute atomic E-state index is 0.0921. The van der Waals surface area contributed by atoms with Crippen LogP contribution in [0.25, 0.3) is 0 Å². The van der Waals surface area contributed by atoms with Crippen LogP contribution in [0.4, 0.5) is 5.69 Å². The van der Waals surface area contributed by atoms with Crippen LogP contribution in [0, 0.1) is 5.92 Å². The summed E-state index contributed by atoms with van der Waals surface area (Å²) in [5.74, 6) is -0.945. The number of aliphatic carboxylic acids is 1. The van der Waals surface area contributed by atoms with E-state index in [4.69, 9.17) is 28.3 Å². The number of carbonyl (C=O) groups excluding carboxylic acids is 1. The summed E-state index contributed by atoms with van der Waals surface area (Å²) in [6, 6.07) is 15.5. The zero-order valence-corrected chi connectivity index (χ0v) is 17.3. The average molecular weight is 433 g/mol. The molecular weight excluding hydrogens is 411 g/mol. The van der Waals surface area contributed by atoms with E-state index in [1.165, 1.54) is 0 Å². The molecular formula is C22H22Cl2N2O3. The lowest BCUT2D eigenvalue weighted by Crippen LogP contribution is -2.57. The van der Waals surface area contributed by atoms with Gasteiger partial charge in [0.1, 0.15) is 6.42 Å². The Morgan fingerprint density at radius 1 is 0.931 bits per heavy atom. The Labute approximate surface area is 179 Å². The molecule has 7 heteroatoms. The normalized spacial score (nSPS) is 21.9. The zero-order valence-electron chi connectivity index (χ0n) is 15.8. The Balaban J connectivity index is 1.73. The first kappa shape index (κ1) is 20.0. The maximum Gasteiger partial charge on any atom is 0.312 e. The van der Waals surface area contributed by atoms with E-state index in [0.717, 1.165) is 24.1 Å². The van der Waals surface area contributed by atoms with Gasteiger partial charge >= 0.3 is 5.97 Å². The third-order valence-corrected chi connectivity index (χ3v) is 6.20. The SMILES string of the molecule is O=C(O)CC(=O)N1CC(C2CC2)N(c2ccc(Cl)cc2)[C@H](c2ccc(Cl)cc2)C1. The number of anilines is 1. The highest BCUT2D eigenvalue weighted by atomic mass is 35.5. The molecule has 2 aliphatic rings. The minimum atomic E-state index is -1.10. The standard InChI is InChI=1S/C22H22Cl2N2O3/c23-16-5-3-15(4-6-16)20-13-25(21(27)11-22(28)29)12-19(14-1-2-14)26(20)18-9-7-17(24)8-10-18/h3-10,14,19-20H,1-2,11-13H2,(H,28,29)/t19?,20-/m0/s1. The summed E-state index contributed by atoms with van der Waals surface area (Å²) in [6.45, 7) is 0.961. The van der Waals surface area contributed by atoms with E-state index >= 15 is 0 Å². The van der Waals surface area contributed by atoms with Crippen LogP contribution < -0.4 is 4.90 Å². The summed E-state index contributed by atoms with van der Waals surface area (Å²) >= 11 is 12.2. The number of piperazine rings is 1. The molecule has 29 heavy (non-hydrogen) atoms. The largest absolute Gasteiger partial charge is 0.481 e. The highest BCUT2D eigenvalue weighted by molar-refractivity contribution is 6.30. The molecule has 152 valence electrons. The van der Waals surface area contributed by atoms with Crippen molar-refractivity contribution in [1.82, 2.24) is 4.90 Å². The lowest BCUT2D eigenvalue weighted by atomic mass is 9.95. The molecule has 0 aromatic heterocycles. The molecule has 0 spiro atoms. The van der Waals surface area contributed by atoms with Crippen LogP contribution >= 0.6 is 23.2 Å². The molecule has 1 saturated carbocycles. The van der Waals surface area contributed by atoms with Gasteiger partial charge in [-0.15, -0.1) is 0 Å². The van der Waals surface area contributed by atoms with Crippen LogP contribution in [-0.2, 0) is 9.59 Å². The van der Waals surface area contributed by atoms with Gasteiger partial charge in [-0.25, -0.2) is 0 Å². The van der Waals surface area contributed by atoms with E-state index in [1.807, 2.05) is 48.5 Å². The van der Waals surface area contributed by atoms with Gasteiger partial charge in [0, 0.05) is 28.8 Å². The Hall–Kier alpha value is -2.24. The van der Waals surface area contributed by atoms with Crippen molar-refractivity contribution in [3.63, 3.8) is 0 Å². The molecule has 2 fully saturated rings. The first-order chi connectivity index (χ1) is 13.9. The number of hydrogen-bond acceptors (Lipinski definition) is 3. The Morgan fingerprint density at radius 2 is 1.52 bits per heavy atom. The van der Waals surface area contributed by atoms with Crippen molar-refractivity contribution in [3.05, 3.63) is 64.1 Å². The van der Waals surface area contributed by atoms with Gasteiger partial charge in [0.2, 0.25) is 5.91 Å². The number of hydrogen-bond donors (Lipinski definition) is 1. The number of benzene rings is 2. The van der Waals surface area contributed by atoms with E-state index in [2.05, 4.69) is 4.90 Å². The Bertz CT molecular complexity index is 897. The molecule has 4 rings (SSSR count). The van der Waals surface area contributed by atoms with Gasteiger partial charge in [-0.3, -0.25) is 9.59 Å². The predicted molar refractivity (Wildman–Crippen MR) is 113 cm³/mol. The first-order valence-corrected chi connectivity index (χ1v) is 10.5. The molecule has 1 N–H and O–H groups in total. The number of carboxylic acids is 1. The molecule has 1 heterocycles. The van der Waals surface area contributed by atoms with E-state index in [-0.39, 0.29) is 18.0 Å². The van der Waals surface area contributed by atoms with Crippen LogP contribution in [-0.4, -0.2) is 41.0 Å². The number of halogens is 2. The molecule has 2 aromatic carbocycles. The van der Waals surface area contributed by atoms with Crippen LogP contribution in [0.3, 0.4) is 0 Å². The Kier molecular flexibility index (Phi) is 5.70. The van der Waals surface area contributed by atoms with Crippen molar-refractivity contribution in [2.75, 3.05) is 18.0 Å². The zero-order chi connectivity index (χ0) is 20.5. The van der Waals surface area contributed by atoms with Gasteiger partial charge in [0.25, 0.3) is 0 Å². The fraction of sp³-hybridized carbons (Fsp3) is 0.364. The maximum absolute atomic E-state index is 12.6. The third-order valence-electron chi connectivity index (χ3n) is 5.69. The van der Waals surface area contributed by atoms with Crippen molar-refractivity contribution in [2.24, 2.45) is 5.92 Å². The number of carboxylic acid groups (broad SMARTS) is 1. The quantitative estimate of drug-likeness (QED) is 0.699. The molecule has 1 unspecified atom stereocenters. The van der Waals surface area contributed by atoms with Crippen LogP contribution in [0.2, 0.25) is 10.0 Å². The average Bonchev–Trinajstić information content (AvgIpc) is 3.53. The fourth-order valence-corrected chi connectivity index (χ4v) is 4.41. The second-order valence-electron chi connectivity index (χ2n) is 7.73. The van der Waals surface area contributed by atoms with Gasteiger partial charge < -0.3 is 14.9 Å². The monoisotopic (exact) mass is 432 g/mol. The predicted octanol–water partition coefficient (Wildman–Crippen LogP) is 4.64. The van der Waals surface area contributed by atoms with E-state index < -0.39 is 12.4 Å². The molecule has 0 radical (unpaired) electrons. The second-order valence-corrected chi connectivity index (χ2v) is 8.60. The molecule has 2 atom stereocenters. The van der Waals surface area contributed by atoms with Crippen molar-refractivity contribution in [1.29, 1.82) is 0 Å². The number of nitrogens with zero attached hydrogens (tertiary/aromatic N) is 2. The molecule has 1 amide bonds. The van der Waals surface area contributed by atoms with Gasteiger partial charge in [-0.2, -0.15) is 0 Å². The summed E-state index contributed by atoms with van der Waals surface area (Å²) in [5, 5.41) is 10.4. The topological polar surface area (TPSA) is 60.9 Å². The fourth-order valence-electron chi connectivity index (χ4n) is 4.15. The molecule has 5 nitrogen and oxygen atoms in total. The minimum Gasteiger partial charge on any atom is -0.481 e. The van der Waals surface area contributed by atoms with E-state index in [1.54, 1.807) is 4.90 Å². The number of amides is 1. The molecule has 2 aromatic rings. The van der Waals surface area contributed by atoms with Crippen molar-refractivity contribution in [3.8, 4) is 0 Å². The summed E-state index contributed by atoms with van der Waals surface area (Å²) in [6.07, 6.45) is 1.75. The van der Waals surface area contributed by atoms with Gasteiger partial charge in [-0.05, 0) is 60.7 Å². The van der Waals surface area contributed by atoms with Crippen LogP contribution in [0.15, 0.2) is 48.5 Å². The van der Waals surface area contributed by atoms with Gasteiger partial charge in [0.05, 0.1) is 12.1 Å². The lowest BCUT2D eigenvalue weighted by molar-refractivity contribution is -0.144. The first-order valence-electron chi connectivity index (χ1n) is 9.71. The smallest absolute Gasteiger partial charge is 0.312 e. The third kappa shape index (κ3) is 4.51. The Morgan fingerprint density at radius 3 is 2.07 bits per heavy atom. The van der Waals surface area contributed by atoms with Crippen molar-refractivity contribution >= 4 is 40.8 Å². The van der Waals surface area contributed by atoms with E-state index in [9.17, 15) is 9.59 Å².